The summed E-state index contributed by atoms with van der Waals surface area (Å²) < 4.78 is 28.7. The van der Waals surface area contributed by atoms with Gasteiger partial charge in [-0.1, -0.05) is 84.4 Å². The lowest BCUT2D eigenvalue weighted by molar-refractivity contribution is 0.589. The molecule has 0 fully saturated rings. The number of para-hydroxylation sites is 2. The van der Waals surface area contributed by atoms with E-state index in [2.05, 4.69) is 12.1 Å². The Balaban J connectivity index is 1.50. The fraction of sp³-hybridized carbons (Fsp3) is 0.100. The predicted molar refractivity (Wildman–Crippen MR) is 145 cm³/mol. The Hall–Kier alpha value is -4.16. The maximum absolute atomic E-state index is 13.7. The van der Waals surface area contributed by atoms with Gasteiger partial charge < -0.3 is 0 Å². The van der Waals surface area contributed by atoms with Crippen LogP contribution in [0.4, 0.5) is 5.69 Å². The van der Waals surface area contributed by atoms with Gasteiger partial charge in [-0.2, -0.15) is 5.10 Å². The number of aryl methyl sites for hydroxylation is 1. The smallest absolute Gasteiger partial charge is 0.257 e. The number of fused-ring (bicyclic) bond motifs is 1. The van der Waals surface area contributed by atoms with Gasteiger partial charge in [0.2, 0.25) is 0 Å². The molecule has 1 aliphatic heterocycles. The van der Waals surface area contributed by atoms with Crippen molar-refractivity contribution in [3.63, 3.8) is 0 Å². The Kier molecular flexibility index (Phi) is 5.46. The first-order chi connectivity index (χ1) is 17.5. The van der Waals surface area contributed by atoms with Crippen molar-refractivity contribution in [3.8, 4) is 0 Å². The zero-order chi connectivity index (χ0) is 24.7. The molecule has 1 unspecified atom stereocenters. The lowest BCUT2D eigenvalue weighted by Gasteiger charge is -2.23. The first kappa shape index (κ1) is 22.3. The van der Waals surface area contributed by atoms with Crippen LogP contribution >= 0.6 is 0 Å². The van der Waals surface area contributed by atoms with Crippen molar-refractivity contribution in [2.24, 2.45) is 5.10 Å². The van der Waals surface area contributed by atoms with Crippen molar-refractivity contribution in [2.75, 3.05) is 5.01 Å². The molecule has 1 atom stereocenters. The highest BCUT2D eigenvalue weighted by Gasteiger charge is 2.32. The van der Waals surface area contributed by atoms with E-state index < -0.39 is 10.0 Å². The summed E-state index contributed by atoms with van der Waals surface area (Å²) in [6.07, 6.45) is 2.40. The van der Waals surface area contributed by atoms with E-state index in [1.54, 1.807) is 18.3 Å². The molecule has 0 bridgehead atoms. The molecule has 0 spiro atoms. The molecule has 0 saturated carbocycles. The molecule has 5 nitrogen and oxygen atoms in total. The lowest BCUT2D eigenvalue weighted by atomic mass is 9.98. The second-order valence-electron chi connectivity index (χ2n) is 9.03. The van der Waals surface area contributed by atoms with Gasteiger partial charge in [0, 0.05) is 23.6 Å². The van der Waals surface area contributed by atoms with Gasteiger partial charge in [0.25, 0.3) is 10.0 Å². The average molecular weight is 492 g/mol. The minimum absolute atomic E-state index is 0.0133. The molecule has 1 aliphatic rings. The second-order valence-corrected chi connectivity index (χ2v) is 10.8. The van der Waals surface area contributed by atoms with Gasteiger partial charge in [-0.15, -0.1) is 0 Å². The first-order valence-corrected chi connectivity index (χ1v) is 13.4. The fourth-order valence-electron chi connectivity index (χ4n) is 4.83. The quantitative estimate of drug-likeness (QED) is 0.280. The van der Waals surface area contributed by atoms with E-state index in [0.29, 0.717) is 11.9 Å². The summed E-state index contributed by atoms with van der Waals surface area (Å²) in [4.78, 5) is 0.266. The van der Waals surface area contributed by atoms with Crippen LogP contribution in [0.25, 0.3) is 10.9 Å². The van der Waals surface area contributed by atoms with Crippen molar-refractivity contribution in [2.45, 2.75) is 24.3 Å². The van der Waals surface area contributed by atoms with E-state index in [-0.39, 0.29) is 10.9 Å². The van der Waals surface area contributed by atoms with E-state index in [4.69, 9.17) is 5.10 Å². The van der Waals surface area contributed by atoms with Gasteiger partial charge in [-0.05, 0) is 42.8 Å². The summed E-state index contributed by atoms with van der Waals surface area (Å²) in [7, 11) is -3.77. The zero-order valence-electron chi connectivity index (χ0n) is 19.8. The van der Waals surface area contributed by atoms with Crippen molar-refractivity contribution in [1.82, 2.24) is 3.97 Å². The van der Waals surface area contributed by atoms with Crippen LogP contribution in [0.1, 0.15) is 29.2 Å². The van der Waals surface area contributed by atoms with Crippen molar-refractivity contribution in [3.05, 3.63) is 132 Å². The van der Waals surface area contributed by atoms with Gasteiger partial charge in [0.15, 0.2) is 0 Å². The summed E-state index contributed by atoms with van der Waals surface area (Å²) in [5.74, 6) is 0. The van der Waals surface area contributed by atoms with E-state index >= 15 is 0 Å². The summed E-state index contributed by atoms with van der Waals surface area (Å²) in [5, 5.41) is 7.97. The Morgan fingerprint density at radius 2 is 1.42 bits per heavy atom. The van der Waals surface area contributed by atoms with Crippen LogP contribution in [0.3, 0.4) is 0 Å². The van der Waals surface area contributed by atoms with Gasteiger partial charge in [-0.25, -0.2) is 12.4 Å². The molecule has 4 aromatic carbocycles. The third-order valence-corrected chi connectivity index (χ3v) is 8.37. The Labute approximate surface area is 211 Å². The summed E-state index contributed by atoms with van der Waals surface area (Å²) >= 11 is 0. The van der Waals surface area contributed by atoms with E-state index in [1.807, 2.05) is 96.9 Å². The number of rotatable bonds is 5. The van der Waals surface area contributed by atoms with Gasteiger partial charge >= 0.3 is 0 Å². The molecule has 1 aromatic heterocycles. The van der Waals surface area contributed by atoms with Gasteiger partial charge in [0.05, 0.1) is 27.9 Å². The second kappa shape index (κ2) is 8.81. The number of hydrogen-bond acceptors (Lipinski definition) is 4. The summed E-state index contributed by atoms with van der Waals surface area (Å²) in [5.41, 5.74) is 5.52. The Morgan fingerprint density at radius 3 is 2.14 bits per heavy atom. The van der Waals surface area contributed by atoms with Gasteiger partial charge in [-0.3, -0.25) is 5.01 Å². The maximum Gasteiger partial charge on any atom is 0.268 e. The molecule has 0 aliphatic carbocycles. The van der Waals surface area contributed by atoms with Crippen molar-refractivity contribution in [1.29, 1.82) is 0 Å². The van der Waals surface area contributed by atoms with Crippen molar-refractivity contribution >= 4 is 32.3 Å². The van der Waals surface area contributed by atoms with Crippen LogP contribution in [0.5, 0.6) is 0 Å². The summed E-state index contributed by atoms with van der Waals surface area (Å²) in [6, 6.07) is 35.0. The van der Waals surface area contributed by atoms with Crippen LogP contribution in [0, 0.1) is 6.92 Å². The van der Waals surface area contributed by atoms with Crippen LogP contribution in [0.15, 0.2) is 125 Å². The number of aromatic nitrogens is 1. The average Bonchev–Trinajstić information content (AvgIpc) is 3.53. The predicted octanol–water partition coefficient (Wildman–Crippen LogP) is 6.54. The molecule has 36 heavy (non-hydrogen) atoms. The minimum Gasteiger partial charge on any atom is -0.257 e. The molecule has 2 heterocycles. The molecule has 0 saturated heterocycles. The first-order valence-electron chi connectivity index (χ1n) is 11.9. The van der Waals surface area contributed by atoms with Crippen LogP contribution < -0.4 is 5.01 Å². The Bertz CT molecular complexity index is 1670. The monoisotopic (exact) mass is 491 g/mol. The Morgan fingerprint density at radius 1 is 0.778 bits per heavy atom. The minimum atomic E-state index is -3.77. The third kappa shape index (κ3) is 3.80. The van der Waals surface area contributed by atoms with Crippen molar-refractivity contribution < 1.29 is 8.42 Å². The number of hydrazone groups is 1. The van der Waals surface area contributed by atoms with Gasteiger partial charge in [0.1, 0.15) is 0 Å². The molecule has 0 N–H and O–H groups in total. The third-order valence-electron chi connectivity index (χ3n) is 6.68. The van der Waals surface area contributed by atoms with E-state index in [9.17, 15) is 8.42 Å². The highest BCUT2D eigenvalue weighted by molar-refractivity contribution is 7.90. The molecule has 6 rings (SSSR count). The topological polar surface area (TPSA) is 54.7 Å². The standard InChI is InChI=1S/C30H25N3O2S/c1-22-16-18-25(19-17-22)36(34,35)32-21-27(26-14-8-9-15-29(26)32)28-20-30(23-10-4-2-5-11-23)33(31-28)24-12-6-3-7-13-24/h2-19,21,30H,20H2,1H3. The molecule has 6 heteroatoms. The number of nitrogens with zero attached hydrogens (tertiary/aromatic N) is 3. The summed E-state index contributed by atoms with van der Waals surface area (Å²) in [6.45, 7) is 1.94. The largest absolute Gasteiger partial charge is 0.268 e. The molecular weight excluding hydrogens is 466 g/mol. The number of benzene rings is 4. The van der Waals surface area contributed by atoms with E-state index in [1.165, 1.54) is 3.97 Å². The molecule has 0 amide bonds. The van der Waals surface area contributed by atoms with E-state index in [0.717, 1.165) is 33.5 Å². The number of hydrogen-bond donors (Lipinski definition) is 0. The molecule has 0 radical (unpaired) electrons. The maximum atomic E-state index is 13.7. The van der Waals surface area contributed by atoms with Crippen LogP contribution in [0.2, 0.25) is 0 Å². The highest BCUT2D eigenvalue weighted by Crippen LogP contribution is 2.38. The molecule has 178 valence electrons. The van der Waals surface area contributed by atoms with Crippen LogP contribution in [-0.2, 0) is 10.0 Å². The lowest BCUT2D eigenvalue weighted by Crippen LogP contribution is -2.18. The normalized spacial score (nSPS) is 15.9. The molecular formula is C30H25N3O2S. The fourth-order valence-corrected chi connectivity index (χ4v) is 6.20. The number of anilines is 1. The molecule has 5 aromatic rings. The SMILES string of the molecule is Cc1ccc(S(=O)(=O)n2cc(C3=NN(c4ccccc4)C(c4ccccc4)C3)c3ccccc32)cc1. The highest BCUT2D eigenvalue weighted by atomic mass is 32.2. The zero-order valence-corrected chi connectivity index (χ0v) is 20.6. The van der Waals surface area contributed by atoms with Crippen LogP contribution in [-0.4, -0.2) is 18.1 Å².